The lowest BCUT2D eigenvalue weighted by molar-refractivity contribution is -0.132. The summed E-state index contributed by atoms with van der Waals surface area (Å²) in [5.41, 5.74) is 7.94. The van der Waals surface area contributed by atoms with Crippen molar-refractivity contribution >= 4 is 30.7 Å². The number of carboxylic acid groups (broad SMARTS) is 2. The zero-order valence-electron chi connectivity index (χ0n) is 15.4. The van der Waals surface area contributed by atoms with Crippen molar-refractivity contribution in [3.05, 3.63) is 41.0 Å². The Hall–Kier alpha value is -2.90. The number of carbonyl (C=O) groups excluding carboxylic acids is 1. The molecule has 2 aliphatic carbocycles. The molecule has 0 saturated carbocycles. The monoisotopic (exact) mass is 408 g/mol. The van der Waals surface area contributed by atoms with Gasteiger partial charge < -0.3 is 20.5 Å². The minimum atomic E-state index is -2.23. The Bertz CT molecular complexity index is 900. The third-order valence-electron chi connectivity index (χ3n) is 4.01. The number of carbonyl (C=O) groups is 3. The van der Waals surface area contributed by atoms with Crippen LogP contribution in [-0.4, -0.2) is 54.2 Å². The second-order valence-electron chi connectivity index (χ2n) is 6.69. The first-order valence-corrected chi connectivity index (χ1v) is 11.0. The summed E-state index contributed by atoms with van der Waals surface area (Å²) in [6.45, 7) is 3.36. The van der Waals surface area contributed by atoms with Gasteiger partial charge >= 0.3 is 11.9 Å². The Morgan fingerprint density at radius 1 is 1.04 bits per heavy atom. The molecule has 2 rings (SSSR count). The molecule has 2 aliphatic rings. The number of carboxylic acids is 2. The summed E-state index contributed by atoms with van der Waals surface area (Å²) < 4.78 is 11.6. The number of hydrogen-bond donors (Lipinski definition) is 4. The summed E-state index contributed by atoms with van der Waals surface area (Å²) in [6.07, 6.45) is 0.257. The van der Waals surface area contributed by atoms with E-state index in [4.69, 9.17) is 10.6 Å². The number of nitrogens with two attached hydrogens (primary N) is 1. The van der Waals surface area contributed by atoms with Gasteiger partial charge in [0.05, 0.1) is 37.0 Å². The molecule has 10 heteroatoms. The van der Waals surface area contributed by atoms with Crippen LogP contribution >= 0.6 is 7.14 Å². The molecule has 0 fully saturated rings. The van der Waals surface area contributed by atoms with Crippen molar-refractivity contribution in [3.8, 4) is 11.1 Å². The number of fused-ring (bicyclic) bond motifs is 1. The van der Waals surface area contributed by atoms with Gasteiger partial charge in [-0.05, 0) is 30.0 Å². The van der Waals surface area contributed by atoms with Crippen LogP contribution in [-0.2, 0) is 20.6 Å². The summed E-state index contributed by atoms with van der Waals surface area (Å²) in [4.78, 5) is 39.9. The predicted octanol–water partition coefficient (Wildman–Crippen LogP) is 1.98. The van der Waals surface area contributed by atoms with Crippen molar-refractivity contribution in [2.45, 2.75) is 6.42 Å². The molecule has 0 atom stereocenters. The minimum Gasteiger partial charge on any atom is -0.478 e. The molecule has 0 aliphatic heterocycles. The molecule has 1 amide bonds. The van der Waals surface area contributed by atoms with Crippen LogP contribution in [0.4, 0.5) is 5.69 Å². The number of hydroxylamine groups is 1. The van der Waals surface area contributed by atoms with E-state index in [1.807, 2.05) is 0 Å². The average Bonchev–Trinajstić information content (AvgIpc) is 2.71. The van der Waals surface area contributed by atoms with Gasteiger partial charge in [0.15, 0.2) is 0 Å². The van der Waals surface area contributed by atoms with Crippen molar-refractivity contribution in [3.63, 3.8) is 0 Å². The zero-order chi connectivity index (χ0) is 21.1. The summed E-state index contributed by atoms with van der Waals surface area (Å²) in [5.74, 6) is -3.12. The fourth-order valence-electron chi connectivity index (χ4n) is 2.66. The van der Waals surface area contributed by atoms with E-state index < -0.39 is 25.0 Å². The number of rotatable bonds is 8. The van der Waals surface area contributed by atoms with Crippen LogP contribution in [0.1, 0.15) is 26.3 Å². The van der Waals surface area contributed by atoms with Gasteiger partial charge in [0.1, 0.15) is 0 Å². The molecule has 150 valence electrons. The van der Waals surface area contributed by atoms with Crippen molar-refractivity contribution in [1.29, 1.82) is 0 Å². The van der Waals surface area contributed by atoms with E-state index in [1.54, 1.807) is 13.3 Å². The molecule has 0 saturated heterocycles. The highest BCUT2D eigenvalue weighted by Crippen LogP contribution is 2.38. The van der Waals surface area contributed by atoms with Gasteiger partial charge in [0.25, 0.3) is 0 Å². The number of anilines is 1. The van der Waals surface area contributed by atoms with Gasteiger partial charge in [0, 0.05) is 6.16 Å². The maximum atomic E-state index is 12.0. The second-order valence-corrected chi connectivity index (χ2v) is 10.3. The number of nitrogen functional groups attached to an aromatic ring is 1. The van der Waals surface area contributed by atoms with Crippen LogP contribution in [0.5, 0.6) is 0 Å². The molecule has 0 unspecified atom stereocenters. The highest BCUT2D eigenvalue weighted by molar-refractivity contribution is 7.62. The van der Waals surface area contributed by atoms with Crippen LogP contribution in [0.3, 0.4) is 0 Å². The van der Waals surface area contributed by atoms with Crippen molar-refractivity contribution in [1.82, 2.24) is 5.48 Å². The SMILES string of the molecule is CP(C)(=O)CCONC(=O)Cc1ccc2c(C(=O)O)c(N)c(C(=O)O)c-2cc1. The lowest BCUT2D eigenvalue weighted by atomic mass is 10.1. The highest BCUT2D eigenvalue weighted by Gasteiger charge is 2.28. The third kappa shape index (κ3) is 5.09. The molecule has 0 heterocycles. The molecule has 0 aromatic rings. The first-order valence-electron chi connectivity index (χ1n) is 8.26. The molecule has 0 aromatic carbocycles. The largest absolute Gasteiger partial charge is 0.478 e. The summed E-state index contributed by atoms with van der Waals surface area (Å²) in [5, 5.41) is 18.7. The molecule has 28 heavy (non-hydrogen) atoms. The lowest BCUT2D eigenvalue weighted by Crippen LogP contribution is -2.26. The van der Waals surface area contributed by atoms with Gasteiger partial charge in [-0.25, -0.2) is 15.1 Å². The third-order valence-corrected chi connectivity index (χ3v) is 5.27. The number of nitrogens with one attached hydrogen (secondary N) is 1. The summed E-state index contributed by atoms with van der Waals surface area (Å²) in [7, 11) is -2.23. The molecule has 9 nitrogen and oxygen atoms in total. The normalized spacial score (nSPS) is 11.4. The van der Waals surface area contributed by atoms with E-state index in [-0.39, 0.29) is 41.0 Å². The summed E-state index contributed by atoms with van der Waals surface area (Å²) in [6, 6.07) is 5.89. The van der Waals surface area contributed by atoms with Gasteiger partial charge in [-0.15, -0.1) is 0 Å². The van der Waals surface area contributed by atoms with E-state index in [0.717, 1.165) is 0 Å². The number of hydrogen-bond acceptors (Lipinski definition) is 6. The Labute approximate surface area is 161 Å². The molecule has 0 radical (unpaired) electrons. The van der Waals surface area contributed by atoms with E-state index in [1.165, 1.54) is 24.3 Å². The number of amides is 1. The van der Waals surface area contributed by atoms with Crippen molar-refractivity contribution in [2.24, 2.45) is 0 Å². The van der Waals surface area contributed by atoms with Crippen LogP contribution in [0, 0.1) is 0 Å². The van der Waals surface area contributed by atoms with Crippen LogP contribution < -0.4 is 11.2 Å². The van der Waals surface area contributed by atoms with Crippen molar-refractivity contribution < 1.29 is 34.0 Å². The fraction of sp³-hybridized carbons (Fsp3) is 0.278. The lowest BCUT2D eigenvalue weighted by Gasteiger charge is -2.08. The molecule has 0 spiro atoms. The van der Waals surface area contributed by atoms with E-state index >= 15 is 0 Å². The Kier molecular flexibility index (Phi) is 6.43. The van der Waals surface area contributed by atoms with E-state index in [0.29, 0.717) is 11.7 Å². The topological polar surface area (TPSA) is 156 Å². The minimum absolute atomic E-state index is 0.0759. The smallest absolute Gasteiger partial charge is 0.338 e. The molecular weight excluding hydrogens is 387 g/mol. The van der Waals surface area contributed by atoms with Crippen LogP contribution in [0.2, 0.25) is 0 Å². The number of aromatic carboxylic acids is 2. The molecule has 0 bridgehead atoms. The summed E-state index contributed by atoms with van der Waals surface area (Å²) >= 11 is 0. The highest BCUT2D eigenvalue weighted by atomic mass is 31.2. The first kappa shape index (κ1) is 21.4. The quantitative estimate of drug-likeness (QED) is 0.293. The van der Waals surface area contributed by atoms with E-state index in [2.05, 4.69) is 5.48 Å². The Balaban J connectivity index is 2.21. The van der Waals surface area contributed by atoms with Gasteiger partial charge in [-0.2, -0.15) is 0 Å². The maximum Gasteiger partial charge on any atom is 0.338 e. The maximum absolute atomic E-state index is 12.0. The van der Waals surface area contributed by atoms with Crippen LogP contribution in [0.25, 0.3) is 11.1 Å². The predicted molar refractivity (Wildman–Crippen MR) is 104 cm³/mol. The van der Waals surface area contributed by atoms with Gasteiger partial charge in [0.2, 0.25) is 5.91 Å². The average molecular weight is 408 g/mol. The van der Waals surface area contributed by atoms with Gasteiger partial charge in [-0.1, -0.05) is 24.3 Å². The molecule has 0 aromatic heterocycles. The fourth-order valence-corrected chi connectivity index (χ4v) is 3.20. The first-order chi connectivity index (χ1) is 13.0. The van der Waals surface area contributed by atoms with Gasteiger partial charge in [-0.3, -0.25) is 9.63 Å². The Morgan fingerprint density at radius 2 is 1.54 bits per heavy atom. The van der Waals surface area contributed by atoms with E-state index in [9.17, 15) is 29.2 Å². The Morgan fingerprint density at radius 3 is 1.96 bits per heavy atom. The molecule has 5 N–H and O–H groups in total. The zero-order valence-corrected chi connectivity index (χ0v) is 16.3. The standard InChI is InChI=1S/C18H21N2O7P/c1-28(2,26)8-7-27-20-13(21)9-10-3-5-11-12(6-4-10)15(18(24)25)16(19)14(11)17(22)23/h3-6H,7-9,19H2,1-2H3,(H,20,21)(H,22,23)(H,24,25). The second kappa shape index (κ2) is 8.41. The van der Waals surface area contributed by atoms with Crippen molar-refractivity contribution in [2.75, 3.05) is 31.8 Å². The van der Waals surface area contributed by atoms with Crippen LogP contribution in [0.15, 0.2) is 24.3 Å². The molecular formula is C18H21N2O7P.